The van der Waals surface area contributed by atoms with Crippen LogP contribution in [0.5, 0.6) is 0 Å². The Balaban J connectivity index is 1.41. The summed E-state index contributed by atoms with van der Waals surface area (Å²) in [4.78, 5) is 52.2. The molecule has 0 spiro atoms. The first-order valence-corrected chi connectivity index (χ1v) is 11.8. The lowest BCUT2D eigenvalue weighted by Gasteiger charge is -2.23. The number of fused-ring (bicyclic) bond motifs is 1. The second-order valence-corrected chi connectivity index (χ2v) is 8.91. The van der Waals surface area contributed by atoms with E-state index in [-0.39, 0.29) is 31.0 Å². The van der Waals surface area contributed by atoms with Gasteiger partial charge in [0, 0.05) is 42.9 Å². The van der Waals surface area contributed by atoms with Crippen molar-refractivity contribution < 1.29 is 18.8 Å². The molecular formula is C26H24FN7O3. The minimum atomic E-state index is -1.33. The molecule has 0 unspecified atom stereocenters. The van der Waals surface area contributed by atoms with Gasteiger partial charge in [0.1, 0.15) is 36.1 Å². The second-order valence-electron chi connectivity index (χ2n) is 8.91. The molecule has 0 bridgehead atoms. The molecule has 1 N–H and O–H groups in total. The number of anilines is 1. The average molecular weight is 502 g/mol. The largest absolute Gasteiger partial charge is 0.326 e. The molecule has 188 valence electrons. The van der Waals surface area contributed by atoms with Crippen LogP contribution in [0.3, 0.4) is 0 Å². The summed E-state index contributed by atoms with van der Waals surface area (Å²) in [5.41, 5.74) is 2.36. The van der Waals surface area contributed by atoms with Crippen LogP contribution in [-0.2, 0) is 16.1 Å². The van der Waals surface area contributed by atoms with Crippen LogP contribution < -0.4 is 5.32 Å². The Hall–Kier alpha value is -4.54. The fraction of sp³-hybridized carbons (Fsp3) is 0.269. The molecule has 11 heteroatoms. The molecule has 2 atom stereocenters. The molecule has 1 aliphatic rings. The van der Waals surface area contributed by atoms with Gasteiger partial charge in [-0.3, -0.25) is 19.1 Å². The van der Waals surface area contributed by atoms with Crippen LogP contribution in [0, 0.1) is 6.92 Å². The van der Waals surface area contributed by atoms with Crippen molar-refractivity contribution >= 4 is 34.3 Å². The number of carbonyl (C=O) groups is 3. The Kier molecular flexibility index (Phi) is 6.43. The fourth-order valence-electron chi connectivity index (χ4n) is 4.46. The summed E-state index contributed by atoms with van der Waals surface area (Å²) in [6.07, 6.45) is 3.48. The molecule has 37 heavy (non-hydrogen) atoms. The Bertz CT molecular complexity index is 1490. The van der Waals surface area contributed by atoms with Gasteiger partial charge in [-0.1, -0.05) is 12.1 Å². The fourth-order valence-corrected chi connectivity index (χ4v) is 4.46. The van der Waals surface area contributed by atoms with Crippen molar-refractivity contribution in [3.8, 4) is 11.1 Å². The molecule has 0 aliphatic carbocycles. The molecule has 3 aromatic heterocycles. The molecule has 10 nitrogen and oxygen atoms in total. The molecule has 1 saturated heterocycles. The topological polar surface area (TPSA) is 123 Å². The number of aryl methyl sites for hydroxylation is 1. The molecule has 4 heterocycles. The number of Topliss-reactive ketones (excluding diaryl/α,β-unsaturated/α-hetero) is 1. The summed E-state index contributed by atoms with van der Waals surface area (Å²) in [6.45, 7) is 2.74. The van der Waals surface area contributed by atoms with E-state index in [4.69, 9.17) is 0 Å². The van der Waals surface area contributed by atoms with Gasteiger partial charge in [0.05, 0.1) is 12.1 Å². The highest BCUT2D eigenvalue weighted by Gasteiger charge is 2.40. The molecule has 2 amide bonds. The summed E-state index contributed by atoms with van der Waals surface area (Å²) in [6, 6.07) is 9.47. The zero-order chi connectivity index (χ0) is 26.1. The second kappa shape index (κ2) is 9.84. The maximum absolute atomic E-state index is 14.3. The summed E-state index contributed by atoms with van der Waals surface area (Å²) in [7, 11) is 0. The van der Waals surface area contributed by atoms with Gasteiger partial charge < -0.3 is 10.2 Å². The number of carbonyl (C=O) groups excluding carboxylic acids is 3. The number of aromatic nitrogens is 5. The van der Waals surface area contributed by atoms with E-state index in [9.17, 15) is 18.8 Å². The number of nitrogens with one attached hydrogen (secondary N) is 1. The standard InChI is InChI=1S/C26H24FN7O3/c1-15(35)25-20-9-17(18-11-29-16(2)30-12-18)6-7-21(20)34(32-25)14-24(36)33-13-19(27)10-22(33)26(37)31-23-5-3-4-8-28-23/h3-9,11-12,19,22H,10,13-14H2,1-2H3,(H,28,31,37)/t19-,22+/m1/s1. The highest BCUT2D eigenvalue weighted by Crippen LogP contribution is 2.28. The third-order valence-electron chi connectivity index (χ3n) is 6.27. The molecular weight excluding hydrogens is 477 g/mol. The Morgan fingerprint density at radius 3 is 2.57 bits per heavy atom. The molecule has 5 rings (SSSR count). The van der Waals surface area contributed by atoms with Crippen LogP contribution in [0.15, 0.2) is 55.0 Å². The van der Waals surface area contributed by atoms with Crippen molar-refractivity contribution in [3.63, 3.8) is 0 Å². The monoisotopic (exact) mass is 501 g/mol. The predicted octanol–water partition coefficient (Wildman–Crippen LogP) is 2.98. The maximum atomic E-state index is 14.3. The van der Waals surface area contributed by atoms with Crippen LogP contribution in [0.1, 0.15) is 29.7 Å². The third-order valence-corrected chi connectivity index (χ3v) is 6.27. The zero-order valence-corrected chi connectivity index (χ0v) is 20.3. The molecule has 4 aromatic rings. The number of alkyl halides is 1. The molecule has 1 aromatic carbocycles. The first-order valence-electron chi connectivity index (χ1n) is 11.8. The molecule has 0 radical (unpaired) electrons. The Morgan fingerprint density at radius 1 is 1.08 bits per heavy atom. The molecule has 1 aliphatic heterocycles. The van der Waals surface area contributed by atoms with Crippen LogP contribution in [0.25, 0.3) is 22.0 Å². The van der Waals surface area contributed by atoms with E-state index >= 15 is 0 Å². The van der Waals surface area contributed by atoms with Crippen molar-refractivity contribution in [3.05, 3.63) is 66.5 Å². The van der Waals surface area contributed by atoms with Gasteiger partial charge >= 0.3 is 0 Å². The van der Waals surface area contributed by atoms with E-state index in [1.165, 1.54) is 22.7 Å². The van der Waals surface area contributed by atoms with Gasteiger partial charge in [-0.15, -0.1) is 0 Å². The number of nitrogens with zero attached hydrogens (tertiary/aromatic N) is 6. The first-order chi connectivity index (χ1) is 17.8. The van der Waals surface area contributed by atoms with Gasteiger partial charge in [0.25, 0.3) is 0 Å². The lowest BCUT2D eigenvalue weighted by molar-refractivity contribution is -0.137. The van der Waals surface area contributed by atoms with E-state index in [0.29, 0.717) is 22.5 Å². The third kappa shape index (κ3) is 4.92. The minimum Gasteiger partial charge on any atom is -0.326 e. The van der Waals surface area contributed by atoms with Gasteiger partial charge in [0.15, 0.2) is 5.78 Å². The number of hydrogen-bond donors (Lipinski definition) is 1. The normalized spacial score (nSPS) is 17.2. The number of rotatable bonds is 6. The highest BCUT2D eigenvalue weighted by molar-refractivity contribution is 6.06. The average Bonchev–Trinajstić information content (AvgIpc) is 3.45. The molecule has 0 saturated carbocycles. The maximum Gasteiger partial charge on any atom is 0.248 e. The van der Waals surface area contributed by atoms with Crippen molar-refractivity contribution in [2.45, 2.75) is 39.0 Å². The van der Waals surface area contributed by atoms with E-state index in [1.54, 1.807) is 43.6 Å². The number of likely N-dealkylation sites (tertiary alicyclic amines) is 1. The Morgan fingerprint density at radius 2 is 1.86 bits per heavy atom. The quantitative estimate of drug-likeness (QED) is 0.403. The zero-order valence-electron chi connectivity index (χ0n) is 20.3. The highest BCUT2D eigenvalue weighted by atomic mass is 19.1. The number of hydrogen-bond acceptors (Lipinski definition) is 7. The van der Waals surface area contributed by atoms with Gasteiger partial charge in [0.2, 0.25) is 11.8 Å². The minimum absolute atomic E-state index is 0.106. The number of benzene rings is 1. The Labute approximate surface area is 211 Å². The van der Waals surface area contributed by atoms with E-state index in [2.05, 4.69) is 25.4 Å². The predicted molar refractivity (Wildman–Crippen MR) is 133 cm³/mol. The summed E-state index contributed by atoms with van der Waals surface area (Å²) < 4.78 is 15.8. The van der Waals surface area contributed by atoms with E-state index < -0.39 is 24.0 Å². The number of pyridine rings is 1. The van der Waals surface area contributed by atoms with Crippen molar-refractivity contribution in [1.29, 1.82) is 0 Å². The van der Waals surface area contributed by atoms with Crippen molar-refractivity contribution in [2.24, 2.45) is 0 Å². The SMILES string of the molecule is CC(=O)c1nn(CC(=O)N2C[C@H](F)C[C@H]2C(=O)Nc2ccccn2)c2ccc(-c3cnc(C)nc3)cc12. The number of halogens is 1. The summed E-state index contributed by atoms with van der Waals surface area (Å²) in [5.74, 6) is -0.277. The van der Waals surface area contributed by atoms with Crippen LogP contribution in [0.2, 0.25) is 0 Å². The van der Waals surface area contributed by atoms with E-state index in [0.717, 1.165) is 11.1 Å². The van der Waals surface area contributed by atoms with Crippen LogP contribution in [-0.4, -0.2) is 66.0 Å². The van der Waals surface area contributed by atoms with Crippen molar-refractivity contribution in [2.75, 3.05) is 11.9 Å². The van der Waals surface area contributed by atoms with Gasteiger partial charge in [-0.2, -0.15) is 5.10 Å². The molecule has 1 fully saturated rings. The lowest BCUT2D eigenvalue weighted by atomic mass is 10.0. The smallest absolute Gasteiger partial charge is 0.248 e. The first kappa shape index (κ1) is 24.2. The van der Waals surface area contributed by atoms with Gasteiger partial charge in [-0.05, 0) is 36.8 Å². The summed E-state index contributed by atoms with van der Waals surface area (Å²) >= 11 is 0. The lowest BCUT2D eigenvalue weighted by Crippen LogP contribution is -2.44. The summed E-state index contributed by atoms with van der Waals surface area (Å²) in [5, 5.41) is 7.61. The van der Waals surface area contributed by atoms with Crippen LogP contribution in [0.4, 0.5) is 10.2 Å². The number of ketones is 1. The van der Waals surface area contributed by atoms with Crippen LogP contribution >= 0.6 is 0 Å². The van der Waals surface area contributed by atoms with E-state index in [1.807, 2.05) is 12.1 Å². The number of amides is 2. The van der Waals surface area contributed by atoms with Crippen molar-refractivity contribution in [1.82, 2.24) is 29.6 Å². The van der Waals surface area contributed by atoms with Gasteiger partial charge in [-0.25, -0.2) is 19.3 Å².